The largest absolute Gasteiger partial charge is 0.462 e. The Bertz CT molecular complexity index is 2120. The van der Waals surface area contributed by atoms with Crippen LogP contribution in [0.2, 0.25) is 0 Å². The van der Waals surface area contributed by atoms with Crippen molar-refractivity contribution < 1.29 is 27.9 Å². The summed E-state index contributed by atoms with van der Waals surface area (Å²) in [5.41, 5.74) is 0.00160. The van der Waals surface area contributed by atoms with Crippen LogP contribution in [0.5, 0.6) is 0 Å². The van der Waals surface area contributed by atoms with E-state index in [1.807, 2.05) is 31.2 Å². The molecule has 11 heteroatoms. The van der Waals surface area contributed by atoms with E-state index in [2.05, 4.69) is 4.98 Å². The summed E-state index contributed by atoms with van der Waals surface area (Å²) in [6, 6.07) is 18.0. The molecule has 2 aliphatic heterocycles. The number of carbonyl (C=O) groups excluding carboxylic acids is 3. The third-order valence-corrected chi connectivity index (χ3v) is 9.07. The molecule has 9 nitrogen and oxygen atoms in total. The van der Waals surface area contributed by atoms with Crippen LogP contribution in [0.3, 0.4) is 0 Å². The van der Waals surface area contributed by atoms with Crippen LogP contribution in [-0.2, 0) is 21.6 Å². The highest BCUT2D eigenvalue weighted by Gasteiger charge is 2.66. The summed E-state index contributed by atoms with van der Waals surface area (Å²) >= 11 is 0.881. The highest BCUT2D eigenvalue weighted by atomic mass is 32.1. The zero-order valence-corrected chi connectivity index (χ0v) is 24.7. The van der Waals surface area contributed by atoms with Crippen LogP contribution in [0.1, 0.15) is 55.1 Å². The van der Waals surface area contributed by atoms with Crippen LogP contribution >= 0.6 is 11.3 Å². The molecule has 0 aliphatic carbocycles. The molecule has 5 aromatic rings. The van der Waals surface area contributed by atoms with Gasteiger partial charge in [-0.15, -0.1) is 0 Å². The number of para-hydroxylation sites is 1. The maximum Gasteiger partial charge on any atom is 0.350 e. The number of aromatic nitrogens is 1. The lowest BCUT2D eigenvalue weighted by Gasteiger charge is -2.32. The Labute approximate surface area is 254 Å². The van der Waals surface area contributed by atoms with E-state index >= 15 is 4.79 Å². The first kappa shape index (κ1) is 27.7. The van der Waals surface area contributed by atoms with Crippen molar-refractivity contribution in [3.63, 3.8) is 0 Å². The lowest BCUT2D eigenvalue weighted by Crippen LogP contribution is -2.53. The number of anilines is 2. The van der Waals surface area contributed by atoms with E-state index in [1.165, 1.54) is 11.0 Å². The van der Waals surface area contributed by atoms with Crippen LogP contribution < -0.4 is 15.2 Å². The van der Waals surface area contributed by atoms with Gasteiger partial charge in [-0.3, -0.25) is 19.3 Å². The first-order chi connectivity index (χ1) is 21.2. The average molecular weight is 610 g/mol. The fraction of sp³-hybridized carbons (Fsp3) is 0.182. The van der Waals surface area contributed by atoms with Gasteiger partial charge < -0.3 is 14.1 Å². The Morgan fingerprint density at radius 3 is 2.61 bits per heavy atom. The molecule has 0 saturated heterocycles. The van der Waals surface area contributed by atoms with Gasteiger partial charge in [-0.05, 0) is 50.6 Å². The number of esters is 1. The highest BCUT2D eigenvalue weighted by Crippen LogP contribution is 2.55. The maximum absolute atomic E-state index is 15.0. The summed E-state index contributed by atoms with van der Waals surface area (Å²) in [4.78, 5) is 63.9. The van der Waals surface area contributed by atoms with E-state index in [4.69, 9.17) is 9.15 Å². The zero-order chi connectivity index (χ0) is 30.9. The standard InChI is InChI=1S/C33H24FN3O6S/c1-4-42-30(40)28-18(3)35-32(44-28)37-29(39)27-25(26(38)21-15-20(34)12-13-24(21)43-27)33(37)22-10-5-6-11-23(22)36(31(33)41)16-19-9-7-8-17(2)14-19/h5-15H,4,16H2,1-3H3. The molecule has 0 saturated carbocycles. The number of benzene rings is 3. The second-order valence-electron chi connectivity index (χ2n) is 10.7. The van der Waals surface area contributed by atoms with Crippen LogP contribution in [0.25, 0.3) is 11.0 Å². The number of amides is 2. The van der Waals surface area contributed by atoms with Gasteiger partial charge in [-0.2, -0.15) is 0 Å². The number of hydrogen-bond acceptors (Lipinski definition) is 8. The normalized spacial score (nSPS) is 17.1. The van der Waals surface area contributed by atoms with Crippen molar-refractivity contribution in [2.75, 3.05) is 16.4 Å². The minimum Gasteiger partial charge on any atom is -0.462 e. The first-order valence-electron chi connectivity index (χ1n) is 13.9. The van der Waals surface area contributed by atoms with Crippen molar-refractivity contribution in [3.05, 3.63) is 121 Å². The smallest absolute Gasteiger partial charge is 0.350 e. The molecule has 7 rings (SSSR count). The Morgan fingerprint density at radius 1 is 1.05 bits per heavy atom. The van der Waals surface area contributed by atoms with Crippen LogP contribution in [0.15, 0.2) is 75.9 Å². The third kappa shape index (κ3) is 3.78. The zero-order valence-electron chi connectivity index (χ0n) is 23.8. The number of ether oxygens (including phenoxy) is 1. The van der Waals surface area contributed by atoms with Gasteiger partial charge in [0.1, 0.15) is 16.3 Å². The molecule has 2 amide bonds. The quantitative estimate of drug-likeness (QED) is 0.238. The summed E-state index contributed by atoms with van der Waals surface area (Å²) in [7, 11) is 0. The summed E-state index contributed by atoms with van der Waals surface area (Å²) in [6.45, 7) is 5.49. The summed E-state index contributed by atoms with van der Waals surface area (Å²) in [6.07, 6.45) is 0. The number of fused-ring (bicyclic) bond motifs is 5. The SMILES string of the molecule is CCOC(=O)c1sc(N2C(=O)c3oc4ccc(F)cc4c(=O)c3C23C(=O)N(Cc2cccc(C)c2)c2ccccc23)nc1C. The van der Waals surface area contributed by atoms with Crippen molar-refractivity contribution in [1.82, 2.24) is 4.98 Å². The van der Waals surface area contributed by atoms with E-state index in [0.717, 1.165) is 39.5 Å². The monoisotopic (exact) mass is 609 g/mol. The van der Waals surface area contributed by atoms with E-state index in [0.29, 0.717) is 16.9 Å². The lowest BCUT2D eigenvalue weighted by molar-refractivity contribution is -0.121. The number of halogens is 1. The molecule has 2 aromatic heterocycles. The molecule has 0 N–H and O–H groups in total. The van der Waals surface area contributed by atoms with Crippen molar-refractivity contribution >= 4 is 50.9 Å². The molecular formula is C33H24FN3O6S. The summed E-state index contributed by atoms with van der Waals surface area (Å²) < 4.78 is 25.6. The Kier molecular flexibility index (Phi) is 6.26. The minimum atomic E-state index is -2.04. The van der Waals surface area contributed by atoms with Crippen molar-refractivity contribution in [2.45, 2.75) is 32.9 Å². The highest BCUT2D eigenvalue weighted by molar-refractivity contribution is 7.17. The lowest BCUT2D eigenvalue weighted by atomic mass is 9.84. The number of nitrogens with zero attached hydrogens (tertiary/aromatic N) is 3. The number of aryl methyl sites for hydroxylation is 2. The molecule has 4 heterocycles. The van der Waals surface area contributed by atoms with Gasteiger partial charge in [0.05, 0.1) is 35.5 Å². The fourth-order valence-electron chi connectivity index (χ4n) is 6.15. The molecule has 0 radical (unpaired) electrons. The van der Waals surface area contributed by atoms with Gasteiger partial charge in [0.25, 0.3) is 11.8 Å². The minimum absolute atomic E-state index is 0.00150. The molecule has 3 aromatic carbocycles. The molecule has 44 heavy (non-hydrogen) atoms. The van der Waals surface area contributed by atoms with Gasteiger partial charge in [-0.1, -0.05) is 59.4 Å². The van der Waals surface area contributed by atoms with Gasteiger partial charge in [0.15, 0.2) is 16.1 Å². The second kappa shape index (κ2) is 9.95. The van der Waals surface area contributed by atoms with E-state index < -0.39 is 34.6 Å². The molecule has 1 unspecified atom stereocenters. The predicted octanol–water partition coefficient (Wildman–Crippen LogP) is 5.63. The topological polar surface area (TPSA) is 110 Å². The number of carbonyl (C=O) groups is 3. The number of thiazole rings is 1. The molecular weight excluding hydrogens is 585 g/mol. The third-order valence-electron chi connectivity index (χ3n) is 7.95. The van der Waals surface area contributed by atoms with Crippen LogP contribution in [0.4, 0.5) is 15.2 Å². The number of rotatable bonds is 5. The van der Waals surface area contributed by atoms with E-state index in [-0.39, 0.29) is 45.5 Å². The van der Waals surface area contributed by atoms with Gasteiger partial charge in [-0.25, -0.2) is 14.2 Å². The van der Waals surface area contributed by atoms with Gasteiger partial charge in [0, 0.05) is 5.56 Å². The predicted molar refractivity (Wildman–Crippen MR) is 162 cm³/mol. The van der Waals surface area contributed by atoms with E-state index in [1.54, 1.807) is 38.1 Å². The second-order valence-corrected chi connectivity index (χ2v) is 11.6. The Hall–Kier alpha value is -5.16. The molecule has 1 spiro atoms. The molecule has 2 aliphatic rings. The molecule has 0 bridgehead atoms. The van der Waals surface area contributed by atoms with Gasteiger partial charge >= 0.3 is 5.97 Å². The number of hydrogen-bond donors (Lipinski definition) is 0. The van der Waals surface area contributed by atoms with Crippen molar-refractivity contribution in [1.29, 1.82) is 0 Å². The van der Waals surface area contributed by atoms with Crippen LogP contribution in [0, 0.1) is 19.7 Å². The van der Waals surface area contributed by atoms with Crippen molar-refractivity contribution in [2.24, 2.45) is 0 Å². The summed E-state index contributed by atoms with van der Waals surface area (Å²) in [5, 5.41) is -0.0973. The van der Waals surface area contributed by atoms with E-state index in [9.17, 15) is 18.8 Å². The van der Waals surface area contributed by atoms with Crippen molar-refractivity contribution in [3.8, 4) is 0 Å². The Morgan fingerprint density at radius 2 is 1.84 bits per heavy atom. The first-order valence-corrected chi connectivity index (χ1v) is 14.7. The maximum atomic E-state index is 15.0. The average Bonchev–Trinajstić information content (AvgIpc) is 3.59. The molecule has 1 atom stereocenters. The van der Waals surface area contributed by atoms with Crippen LogP contribution in [-0.4, -0.2) is 29.4 Å². The summed E-state index contributed by atoms with van der Waals surface area (Å²) in [5.74, 6) is -3.01. The molecule has 0 fully saturated rings. The Balaban J connectivity index is 1.54. The fourth-order valence-corrected chi connectivity index (χ4v) is 7.16. The molecule has 220 valence electrons. The van der Waals surface area contributed by atoms with Gasteiger partial charge in [0.2, 0.25) is 5.76 Å².